The molecule has 0 radical (unpaired) electrons. The van der Waals surface area contributed by atoms with Crippen molar-refractivity contribution in [1.82, 2.24) is 14.8 Å². The molecule has 0 saturated carbocycles. The van der Waals surface area contributed by atoms with E-state index in [0.29, 0.717) is 6.54 Å². The Kier molecular flexibility index (Phi) is 3.58. The minimum atomic E-state index is 0.491. The Balaban J connectivity index is 1.99. The molecular weight excluding hydrogens is 220 g/mol. The van der Waals surface area contributed by atoms with Crippen molar-refractivity contribution in [2.75, 3.05) is 0 Å². The van der Waals surface area contributed by atoms with Gasteiger partial charge in [0.15, 0.2) is 0 Å². The molecule has 2 N–H and O–H groups in total. The van der Waals surface area contributed by atoms with E-state index in [4.69, 9.17) is 5.73 Å². The van der Waals surface area contributed by atoms with Crippen molar-refractivity contribution in [1.29, 1.82) is 0 Å². The molecule has 0 aromatic carbocycles. The van der Waals surface area contributed by atoms with Gasteiger partial charge >= 0.3 is 0 Å². The van der Waals surface area contributed by atoms with Crippen LogP contribution in [0.1, 0.15) is 11.3 Å². The third-order valence-electron chi connectivity index (χ3n) is 2.18. The molecule has 0 unspecified atom stereocenters. The molecule has 2 heterocycles. The quantitative estimate of drug-likeness (QED) is 0.816. The summed E-state index contributed by atoms with van der Waals surface area (Å²) < 4.78 is 1.81. The van der Waals surface area contributed by atoms with E-state index in [9.17, 15) is 0 Å². The number of aryl methyl sites for hydroxylation is 1. The summed E-state index contributed by atoms with van der Waals surface area (Å²) in [5.41, 5.74) is 7.72. The van der Waals surface area contributed by atoms with Gasteiger partial charge < -0.3 is 5.73 Å². The van der Waals surface area contributed by atoms with Crippen LogP contribution in [0.5, 0.6) is 0 Å². The third-order valence-corrected chi connectivity index (χ3v) is 3.20. The summed E-state index contributed by atoms with van der Waals surface area (Å²) in [5, 5.41) is 4.13. The lowest BCUT2D eigenvalue weighted by Crippen LogP contribution is -1.99. The Bertz CT molecular complexity index is 467. The fourth-order valence-electron chi connectivity index (χ4n) is 1.37. The number of pyridine rings is 1. The summed E-state index contributed by atoms with van der Waals surface area (Å²) in [6.45, 7) is 0.491. The maximum absolute atomic E-state index is 5.55. The van der Waals surface area contributed by atoms with Gasteiger partial charge in [-0.1, -0.05) is 0 Å². The largest absolute Gasteiger partial charge is 0.325 e. The molecule has 0 amide bonds. The van der Waals surface area contributed by atoms with E-state index < -0.39 is 0 Å². The maximum atomic E-state index is 5.55. The van der Waals surface area contributed by atoms with E-state index in [1.165, 1.54) is 10.5 Å². The topological polar surface area (TPSA) is 56.7 Å². The average molecular weight is 234 g/mol. The summed E-state index contributed by atoms with van der Waals surface area (Å²) >= 11 is 1.76. The summed E-state index contributed by atoms with van der Waals surface area (Å²) in [7, 11) is 1.92. The Morgan fingerprint density at radius 3 is 3.06 bits per heavy atom. The maximum Gasteiger partial charge on any atom is 0.0625 e. The lowest BCUT2D eigenvalue weighted by Gasteiger charge is -2.01. The van der Waals surface area contributed by atoms with Gasteiger partial charge in [-0.05, 0) is 17.7 Å². The van der Waals surface area contributed by atoms with Crippen molar-refractivity contribution in [2.24, 2.45) is 12.8 Å². The first-order chi connectivity index (χ1) is 7.78. The van der Waals surface area contributed by atoms with Crippen molar-refractivity contribution in [3.8, 4) is 0 Å². The molecule has 0 saturated heterocycles. The second kappa shape index (κ2) is 5.14. The van der Waals surface area contributed by atoms with E-state index in [0.717, 1.165) is 11.4 Å². The smallest absolute Gasteiger partial charge is 0.0625 e. The molecule has 2 rings (SSSR count). The SMILES string of the molecule is Cn1cc(SCc2ccnc(CN)c2)cn1. The first kappa shape index (κ1) is 11.2. The molecule has 0 fully saturated rings. The van der Waals surface area contributed by atoms with Gasteiger partial charge in [-0.3, -0.25) is 9.67 Å². The van der Waals surface area contributed by atoms with E-state index in [1.54, 1.807) is 22.6 Å². The minimum Gasteiger partial charge on any atom is -0.325 e. The molecular formula is C11H14N4S. The fourth-order valence-corrected chi connectivity index (χ4v) is 2.23. The van der Waals surface area contributed by atoms with Crippen LogP contribution in [-0.4, -0.2) is 14.8 Å². The predicted molar refractivity (Wildman–Crippen MR) is 64.9 cm³/mol. The Morgan fingerprint density at radius 1 is 1.50 bits per heavy atom. The standard InChI is InChI=1S/C11H14N4S/c1-15-7-11(6-14-15)16-8-9-2-3-13-10(4-9)5-12/h2-4,6-7H,5,8,12H2,1H3. The molecule has 4 nitrogen and oxygen atoms in total. The molecule has 0 spiro atoms. The van der Waals surface area contributed by atoms with Crippen molar-refractivity contribution in [3.05, 3.63) is 42.0 Å². The Morgan fingerprint density at radius 2 is 2.38 bits per heavy atom. The van der Waals surface area contributed by atoms with Crippen molar-refractivity contribution >= 4 is 11.8 Å². The first-order valence-corrected chi connectivity index (χ1v) is 6.02. The van der Waals surface area contributed by atoms with Gasteiger partial charge in [-0.2, -0.15) is 5.10 Å². The molecule has 2 aromatic rings. The van der Waals surface area contributed by atoms with E-state index in [1.807, 2.05) is 31.6 Å². The zero-order valence-corrected chi connectivity index (χ0v) is 9.94. The number of aromatic nitrogens is 3. The zero-order chi connectivity index (χ0) is 11.4. The monoisotopic (exact) mass is 234 g/mol. The van der Waals surface area contributed by atoms with Crippen LogP contribution in [0.3, 0.4) is 0 Å². The number of hydrogen-bond acceptors (Lipinski definition) is 4. The van der Waals surface area contributed by atoms with Gasteiger partial charge in [0.25, 0.3) is 0 Å². The fraction of sp³-hybridized carbons (Fsp3) is 0.273. The van der Waals surface area contributed by atoms with Gasteiger partial charge in [0.2, 0.25) is 0 Å². The number of thioether (sulfide) groups is 1. The molecule has 0 aliphatic rings. The van der Waals surface area contributed by atoms with Crippen LogP contribution in [0.15, 0.2) is 35.6 Å². The molecule has 5 heteroatoms. The Labute approximate surface area is 98.9 Å². The van der Waals surface area contributed by atoms with Crippen LogP contribution < -0.4 is 5.73 Å². The number of nitrogens with two attached hydrogens (primary N) is 1. The van der Waals surface area contributed by atoms with E-state index >= 15 is 0 Å². The number of nitrogens with zero attached hydrogens (tertiary/aromatic N) is 3. The molecule has 16 heavy (non-hydrogen) atoms. The zero-order valence-electron chi connectivity index (χ0n) is 9.13. The minimum absolute atomic E-state index is 0.491. The van der Waals surface area contributed by atoms with Crippen molar-refractivity contribution < 1.29 is 0 Å². The summed E-state index contributed by atoms with van der Waals surface area (Å²) in [6.07, 6.45) is 5.69. The van der Waals surface area contributed by atoms with Gasteiger partial charge in [-0.25, -0.2) is 0 Å². The second-order valence-corrected chi connectivity index (χ2v) is 4.55. The molecule has 0 aliphatic heterocycles. The predicted octanol–water partition coefficient (Wildman–Crippen LogP) is 1.57. The van der Waals surface area contributed by atoms with E-state index in [-0.39, 0.29) is 0 Å². The lowest BCUT2D eigenvalue weighted by molar-refractivity contribution is 0.766. The summed E-state index contributed by atoms with van der Waals surface area (Å²) in [5.74, 6) is 0.918. The van der Waals surface area contributed by atoms with Crippen LogP contribution in [-0.2, 0) is 19.3 Å². The molecule has 84 valence electrons. The van der Waals surface area contributed by atoms with Gasteiger partial charge in [0.1, 0.15) is 0 Å². The molecule has 2 aromatic heterocycles. The highest BCUT2D eigenvalue weighted by Crippen LogP contribution is 2.21. The van der Waals surface area contributed by atoms with Crippen molar-refractivity contribution in [2.45, 2.75) is 17.2 Å². The van der Waals surface area contributed by atoms with Crippen molar-refractivity contribution in [3.63, 3.8) is 0 Å². The number of hydrogen-bond donors (Lipinski definition) is 1. The van der Waals surface area contributed by atoms with Gasteiger partial charge in [-0.15, -0.1) is 11.8 Å². The Hall–Kier alpha value is -1.33. The first-order valence-electron chi connectivity index (χ1n) is 5.03. The van der Waals surface area contributed by atoms with Crippen LogP contribution in [0.4, 0.5) is 0 Å². The molecule has 0 aliphatic carbocycles. The lowest BCUT2D eigenvalue weighted by atomic mass is 10.2. The number of rotatable bonds is 4. The van der Waals surface area contributed by atoms with Crippen LogP contribution in [0.2, 0.25) is 0 Å². The highest BCUT2D eigenvalue weighted by Gasteiger charge is 2.00. The highest BCUT2D eigenvalue weighted by molar-refractivity contribution is 7.98. The van der Waals surface area contributed by atoms with Crippen LogP contribution >= 0.6 is 11.8 Å². The third kappa shape index (κ3) is 2.84. The van der Waals surface area contributed by atoms with Crippen LogP contribution in [0, 0.1) is 0 Å². The van der Waals surface area contributed by atoms with Crippen LogP contribution in [0.25, 0.3) is 0 Å². The van der Waals surface area contributed by atoms with Gasteiger partial charge in [0.05, 0.1) is 11.9 Å². The second-order valence-electron chi connectivity index (χ2n) is 3.50. The normalized spacial score (nSPS) is 10.6. The molecule has 0 bridgehead atoms. The molecule has 0 atom stereocenters. The summed E-state index contributed by atoms with van der Waals surface area (Å²) in [6, 6.07) is 4.06. The highest BCUT2D eigenvalue weighted by atomic mass is 32.2. The summed E-state index contributed by atoms with van der Waals surface area (Å²) in [4.78, 5) is 5.34. The van der Waals surface area contributed by atoms with Gasteiger partial charge in [0, 0.05) is 36.6 Å². The van der Waals surface area contributed by atoms with E-state index in [2.05, 4.69) is 10.1 Å². The average Bonchev–Trinajstić information content (AvgIpc) is 2.73.